The number of unbranched alkanes of at least 4 members (excludes halogenated alkanes) is 8. The van der Waals surface area contributed by atoms with Crippen molar-refractivity contribution < 1.29 is 15.0 Å². The van der Waals surface area contributed by atoms with Crippen molar-refractivity contribution in [2.75, 3.05) is 0 Å². The molecule has 0 saturated carbocycles. The summed E-state index contributed by atoms with van der Waals surface area (Å²) in [6.07, 6.45) is 17.4. The van der Waals surface area contributed by atoms with Gasteiger partial charge in [0.05, 0.1) is 6.10 Å². The number of allylic oxidation sites excluding steroid dienone is 1. The first-order chi connectivity index (χ1) is 10.2. The predicted molar refractivity (Wildman–Crippen MR) is 100.0 cm³/mol. The van der Waals surface area contributed by atoms with Gasteiger partial charge in [-0.15, -0.1) is 0 Å². The maximum absolute atomic E-state index is 10.3. The second kappa shape index (κ2) is 23.2. The Kier molecular flexibility index (Phi) is 29.2. The zero-order valence-corrected chi connectivity index (χ0v) is 19.7. The summed E-state index contributed by atoms with van der Waals surface area (Å²) in [5.74, 6) is -0.689. The normalized spacial score (nSPS) is 11.7. The quantitative estimate of drug-likeness (QED) is 0.264. The van der Waals surface area contributed by atoms with Crippen molar-refractivity contribution in [3.8, 4) is 0 Å². The third kappa shape index (κ3) is 25.5. The Hall–Kier alpha value is 1.17. The predicted octanol–water partition coefficient (Wildman–Crippen LogP) is 4.32. The van der Waals surface area contributed by atoms with E-state index in [1.54, 1.807) is 0 Å². The van der Waals surface area contributed by atoms with E-state index in [0.29, 0.717) is 6.42 Å². The van der Waals surface area contributed by atoms with Crippen LogP contribution in [-0.4, -0.2) is 81.4 Å². The number of carbonyl (C=O) groups is 1. The van der Waals surface area contributed by atoms with Crippen LogP contribution in [0.15, 0.2) is 12.2 Å². The Morgan fingerprint density at radius 1 is 0.913 bits per heavy atom. The fourth-order valence-electron chi connectivity index (χ4n) is 2.36. The average molecular weight is 344 g/mol. The van der Waals surface area contributed by atoms with E-state index in [9.17, 15) is 9.90 Å². The van der Waals surface area contributed by atoms with E-state index in [1.807, 2.05) is 0 Å². The van der Waals surface area contributed by atoms with Gasteiger partial charge in [0.25, 0.3) is 0 Å². The molecule has 0 rings (SSSR count). The van der Waals surface area contributed by atoms with Gasteiger partial charge in [-0.1, -0.05) is 64.0 Å². The molecule has 3 nitrogen and oxygen atoms in total. The van der Waals surface area contributed by atoms with Crippen LogP contribution < -0.4 is 0 Å². The van der Waals surface area contributed by atoms with E-state index in [2.05, 4.69) is 19.1 Å². The number of hydrogen-bond donors (Lipinski definition) is 2. The van der Waals surface area contributed by atoms with Gasteiger partial charge < -0.3 is 10.2 Å². The topological polar surface area (TPSA) is 57.5 Å². The number of carboxylic acids is 1. The summed E-state index contributed by atoms with van der Waals surface area (Å²) in [7, 11) is 0. The minimum Gasteiger partial charge on any atom is -0.481 e. The van der Waals surface area contributed by atoms with Crippen LogP contribution in [-0.2, 0) is 4.79 Å². The molecule has 0 heterocycles. The molecule has 0 aromatic carbocycles. The van der Waals surface area contributed by atoms with Crippen molar-refractivity contribution in [3.63, 3.8) is 0 Å². The Balaban J connectivity index is -0.00000200. The summed E-state index contributed by atoms with van der Waals surface area (Å²) in [6.45, 7) is 2.20. The zero-order chi connectivity index (χ0) is 15.8. The number of aliphatic carboxylic acids is 1. The molecule has 0 unspecified atom stereocenters. The fourth-order valence-corrected chi connectivity index (χ4v) is 2.36. The number of carboxylic acid groups (broad SMARTS) is 1. The van der Waals surface area contributed by atoms with Crippen molar-refractivity contribution in [2.45, 2.75) is 96.5 Å². The van der Waals surface area contributed by atoms with E-state index in [0.717, 1.165) is 51.4 Å². The van der Waals surface area contributed by atoms with Gasteiger partial charge in [-0.05, 0) is 32.1 Å². The largest absolute Gasteiger partial charge is 0.481 e. The van der Waals surface area contributed by atoms with Gasteiger partial charge in [0.2, 0.25) is 0 Å². The SMILES string of the molecule is CCCCCC[C@@H](O)C/C=C\CCCCCCCC(=O)O.[Na].[Na]. The van der Waals surface area contributed by atoms with Crippen molar-refractivity contribution in [1.29, 1.82) is 0 Å². The van der Waals surface area contributed by atoms with Crippen LogP contribution >= 0.6 is 0 Å². The number of rotatable bonds is 15. The molecule has 0 aliphatic heterocycles. The minimum atomic E-state index is -0.689. The monoisotopic (exact) mass is 344 g/mol. The Morgan fingerprint density at radius 2 is 1.52 bits per heavy atom. The number of hydrogen-bond acceptors (Lipinski definition) is 2. The summed E-state index contributed by atoms with van der Waals surface area (Å²) >= 11 is 0. The van der Waals surface area contributed by atoms with Crippen LogP contribution in [0, 0.1) is 0 Å². The third-order valence-corrected chi connectivity index (χ3v) is 3.73. The summed E-state index contributed by atoms with van der Waals surface area (Å²) in [6, 6.07) is 0. The first kappa shape index (κ1) is 29.0. The Morgan fingerprint density at radius 3 is 2.17 bits per heavy atom. The van der Waals surface area contributed by atoms with Crippen LogP contribution in [0.2, 0.25) is 0 Å². The zero-order valence-electron chi connectivity index (χ0n) is 15.7. The van der Waals surface area contributed by atoms with Crippen molar-refractivity contribution in [1.82, 2.24) is 0 Å². The molecule has 126 valence electrons. The summed E-state index contributed by atoms with van der Waals surface area (Å²) < 4.78 is 0. The standard InChI is InChI=1S/C18H34O3.2Na/c1-2-3-4-11-14-17(19)15-12-9-7-5-6-8-10-13-16-18(20)21;;/h9,12,17,19H,2-8,10-11,13-16H2,1H3,(H,20,21);;/b12-9-;;/t17-;;/m1../s1. The van der Waals surface area contributed by atoms with Crippen molar-refractivity contribution in [2.24, 2.45) is 0 Å². The van der Waals surface area contributed by atoms with E-state index >= 15 is 0 Å². The molecule has 0 fully saturated rings. The molecule has 23 heavy (non-hydrogen) atoms. The second-order valence-electron chi connectivity index (χ2n) is 5.91. The Bertz CT molecular complexity index is 271. The maximum Gasteiger partial charge on any atom is 0.303 e. The number of aliphatic hydroxyl groups is 1. The molecule has 0 bridgehead atoms. The first-order valence-corrected chi connectivity index (χ1v) is 8.71. The van der Waals surface area contributed by atoms with Crippen molar-refractivity contribution in [3.05, 3.63) is 12.2 Å². The van der Waals surface area contributed by atoms with Crippen LogP contribution in [0.25, 0.3) is 0 Å². The van der Waals surface area contributed by atoms with E-state index in [1.165, 1.54) is 25.7 Å². The molecular weight excluding hydrogens is 310 g/mol. The van der Waals surface area contributed by atoms with E-state index in [4.69, 9.17) is 5.11 Å². The summed E-state index contributed by atoms with van der Waals surface area (Å²) in [5.41, 5.74) is 0. The average Bonchev–Trinajstić information content (AvgIpc) is 2.45. The van der Waals surface area contributed by atoms with Crippen LogP contribution in [0.5, 0.6) is 0 Å². The summed E-state index contributed by atoms with van der Waals surface area (Å²) in [4.78, 5) is 10.3. The maximum atomic E-state index is 10.3. The van der Waals surface area contributed by atoms with Gasteiger partial charge in [0.1, 0.15) is 0 Å². The third-order valence-electron chi connectivity index (χ3n) is 3.73. The van der Waals surface area contributed by atoms with Crippen LogP contribution in [0.4, 0.5) is 0 Å². The van der Waals surface area contributed by atoms with Gasteiger partial charge in [-0.3, -0.25) is 4.79 Å². The Labute approximate surface area is 187 Å². The molecule has 0 aliphatic carbocycles. The van der Waals surface area contributed by atoms with Gasteiger partial charge in [0, 0.05) is 65.5 Å². The first-order valence-electron chi connectivity index (χ1n) is 8.71. The molecule has 1 atom stereocenters. The van der Waals surface area contributed by atoms with Crippen LogP contribution in [0.3, 0.4) is 0 Å². The molecular formula is C18H34Na2O3. The van der Waals surface area contributed by atoms with Gasteiger partial charge in [-0.2, -0.15) is 0 Å². The van der Waals surface area contributed by atoms with Gasteiger partial charge in [0.15, 0.2) is 0 Å². The molecule has 5 heteroatoms. The molecule has 0 aromatic heterocycles. The molecule has 0 aromatic rings. The number of aliphatic hydroxyl groups excluding tert-OH is 1. The van der Waals surface area contributed by atoms with Crippen molar-refractivity contribution >= 4 is 65.1 Å². The molecule has 0 saturated heterocycles. The molecule has 0 aliphatic rings. The second-order valence-corrected chi connectivity index (χ2v) is 5.91. The fraction of sp³-hybridized carbons (Fsp3) is 0.833. The minimum absolute atomic E-state index is 0. The molecule has 2 radical (unpaired) electrons. The van der Waals surface area contributed by atoms with E-state index in [-0.39, 0.29) is 65.2 Å². The van der Waals surface area contributed by atoms with Gasteiger partial charge in [-0.25, -0.2) is 0 Å². The van der Waals surface area contributed by atoms with E-state index < -0.39 is 5.97 Å². The smallest absolute Gasteiger partial charge is 0.303 e. The molecule has 0 spiro atoms. The summed E-state index contributed by atoms with van der Waals surface area (Å²) in [5, 5.41) is 18.3. The molecule has 2 N–H and O–H groups in total. The van der Waals surface area contributed by atoms with Gasteiger partial charge >= 0.3 is 5.97 Å². The van der Waals surface area contributed by atoms with Crippen LogP contribution in [0.1, 0.15) is 90.4 Å². The molecule has 0 amide bonds.